The molecule has 8 nitrogen and oxygen atoms in total. The number of amides is 1. The van der Waals surface area contributed by atoms with Crippen molar-refractivity contribution in [3.63, 3.8) is 0 Å². The second-order valence-corrected chi connectivity index (χ2v) is 6.80. The summed E-state index contributed by atoms with van der Waals surface area (Å²) in [5, 5.41) is 32.8. The number of hydrogen-bond acceptors (Lipinski definition) is 7. The molecule has 0 radical (unpaired) electrons. The normalized spacial score (nSPS) is 10.3. The molecular formula is C23H19N4O4-. The molecule has 0 unspecified atom stereocenters. The first kappa shape index (κ1) is 21.3. The number of rotatable bonds is 7. The number of nitriles is 1. The average molecular weight is 415 g/mol. The lowest BCUT2D eigenvalue weighted by atomic mass is 9.98. The van der Waals surface area contributed by atoms with Crippen molar-refractivity contribution in [2.24, 2.45) is 0 Å². The Morgan fingerprint density at radius 2 is 1.81 bits per heavy atom. The summed E-state index contributed by atoms with van der Waals surface area (Å²) < 4.78 is 0. The van der Waals surface area contributed by atoms with Crippen LogP contribution in [-0.2, 0) is 9.59 Å². The maximum absolute atomic E-state index is 11.9. The van der Waals surface area contributed by atoms with Crippen LogP contribution in [0.4, 0.5) is 11.5 Å². The van der Waals surface area contributed by atoms with Gasteiger partial charge in [0.25, 0.3) is 0 Å². The second kappa shape index (κ2) is 9.41. The standard InChI is InChI=1S/C23H20N4O4/c24-13-18-17(12-19(27-23(18)25)16-4-1-2-5-20(16)28)14-8-10-15(11-9-14)26-21(29)6-3-7-22(30)31/h1-2,4-5,8-12,28H,3,6-7H2,(H2,25,27)(H,26,29)(H,30,31)/p-1. The first-order valence-electron chi connectivity index (χ1n) is 9.48. The molecular weight excluding hydrogens is 396 g/mol. The van der Waals surface area contributed by atoms with Crippen LogP contribution in [0.5, 0.6) is 5.75 Å². The van der Waals surface area contributed by atoms with Crippen molar-refractivity contribution in [2.45, 2.75) is 19.3 Å². The number of nitrogens with zero attached hydrogens (tertiary/aromatic N) is 2. The van der Waals surface area contributed by atoms with E-state index in [1.807, 2.05) is 0 Å². The van der Waals surface area contributed by atoms with Crippen LogP contribution in [-0.4, -0.2) is 22.0 Å². The molecule has 0 aliphatic rings. The smallest absolute Gasteiger partial charge is 0.224 e. The molecule has 0 aliphatic carbocycles. The van der Waals surface area contributed by atoms with Crippen LogP contribution in [0.3, 0.4) is 0 Å². The highest BCUT2D eigenvalue weighted by Crippen LogP contribution is 2.34. The SMILES string of the molecule is N#Cc1c(-c2ccc(NC(=O)CCCC(=O)[O-])cc2)cc(-c2ccccc2O)nc1N. The van der Waals surface area contributed by atoms with Crippen LogP contribution in [0.25, 0.3) is 22.4 Å². The van der Waals surface area contributed by atoms with Gasteiger partial charge in [-0.1, -0.05) is 24.3 Å². The number of carboxylic acids is 1. The molecule has 3 aromatic rings. The minimum Gasteiger partial charge on any atom is -0.550 e. The van der Waals surface area contributed by atoms with Crippen molar-refractivity contribution < 1.29 is 19.8 Å². The number of nitrogens with two attached hydrogens (primary N) is 1. The first-order chi connectivity index (χ1) is 14.9. The Bertz CT molecular complexity index is 1170. The van der Waals surface area contributed by atoms with Gasteiger partial charge in [0, 0.05) is 29.2 Å². The zero-order chi connectivity index (χ0) is 22.4. The summed E-state index contributed by atoms with van der Waals surface area (Å²) in [4.78, 5) is 26.6. The minimum atomic E-state index is -1.19. The number of phenols is 1. The fourth-order valence-corrected chi connectivity index (χ4v) is 3.09. The number of aromatic nitrogens is 1. The van der Waals surface area contributed by atoms with Gasteiger partial charge in [0.05, 0.1) is 5.69 Å². The Hall–Kier alpha value is -4.38. The molecule has 1 heterocycles. The highest BCUT2D eigenvalue weighted by Gasteiger charge is 2.15. The maximum Gasteiger partial charge on any atom is 0.224 e. The van der Waals surface area contributed by atoms with E-state index in [1.54, 1.807) is 48.5 Å². The zero-order valence-corrected chi connectivity index (χ0v) is 16.5. The molecule has 0 fully saturated rings. The van der Waals surface area contributed by atoms with Gasteiger partial charge in [-0.2, -0.15) is 5.26 Å². The largest absolute Gasteiger partial charge is 0.550 e. The Morgan fingerprint density at radius 1 is 1.10 bits per heavy atom. The fraction of sp³-hybridized carbons (Fsp3) is 0.130. The number of nitrogen functional groups attached to an aromatic ring is 1. The molecule has 8 heteroatoms. The molecule has 0 spiro atoms. The molecule has 1 aromatic heterocycles. The Morgan fingerprint density at radius 3 is 2.45 bits per heavy atom. The third-order valence-corrected chi connectivity index (χ3v) is 4.60. The number of para-hydroxylation sites is 1. The molecule has 156 valence electrons. The lowest BCUT2D eigenvalue weighted by Crippen LogP contribution is -2.22. The van der Waals surface area contributed by atoms with Gasteiger partial charge in [-0.15, -0.1) is 0 Å². The van der Waals surface area contributed by atoms with Crippen LogP contribution in [0.2, 0.25) is 0 Å². The summed E-state index contributed by atoms with van der Waals surface area (Å²) >= 11 is 0. The van der Waals surface area contributed by atoms with Gasteiger partial charge in [0.15, 0.2) is 0 Å². The van der Waals surface area contributed by atoms with E-state index >= 15 is 0 Å². The van der Waals surface area contributed by atoms with Gasteiger partial charge < -0.3 is 26.1 Å². The summed E-state index contributed by atoms with van der Waals surface area (Å²) in [6.07, 6.45) is 0.0916. The van der Waals surface area contributed by atoms with Crippen molar-refractivity contribution in [3.05, 3.63) is 60.2 Å². The molecule has 31 heavy (non-hydrogen) atoms. The van der Waals surface area contributed by atoms with Gasteiger partial charge in [-0.05, 0) is 48.7 Å². The van der Waals surface area contributed by atoms with E-state index in [0.717, 1.165) is 0 Å². The van der Waals surface area contributed by atoms with Crippen molar-refractivity contribution >= 4 is 23.4 Å². The van der Waals surface area contributed by atoms with Gasteiger partial charge in [0.2, 0.25) is 5.91 Å². The number of hydrogen-bond donors (Lipinski definition) is 3. The van der Waals surface area contributed by atoms with E-state index in [1.165, 1.54) is 6.07 Å². The number of aromatic hydroxyl groups is 1. The quantitative estimate of drug-likeness (QED) is 0.536. The van der Waals surface area contributed by atoms with Gasteiger partial charge in [-0.25, -0.2) is 4.98 Å². The maximum atomic E-state index is 11.9. The number of carbonyl (C=O) groups excluding carboxylic acids is 2. The van der Waals surface area contributed by atoms with E-state index in [4.69, 9.17) is 5.73 Å². The second-order valence-electron chi connectivity index (χ2n) is 6.80. The van der Waals surface area contributed by atoms with Crippen LogP contribution in [0.1, 0.15) is 24.8 Å². The number of aliphatic carboxylic acids is 1. The predicted octanol–water partition coefficient (Wildman–Crippen LogP) is 2.43. The lowest BCUT2D eigenvalue weighted by molar-refractivity contribution is -0.305. The summed E-state index contributed by atoms with van der Waals surface area (Å²) in [6, 6.07) is 17.2. The summed E-state index contributed by atoms with van der Waals surface area (Å²) in [5.41, 5.74) is 8.87. The number of nitrogens with one attached hydrogen (secondary N) is 1. The Kier molecular flexibility index (Phi) is 6.48. The van der Waals surface area contributed by atoms with Gasteiger partial charge in [-0.3, -0.25) is 4.79 Å². The number of anilines is 2. The highest BCUT2D eigenvalue weighted by atomic mass is 16.4. The first-order valence-corrected chi connectivity index (χ1v) is 9.48. The van der Waals surface area contributed by atoms with Crippen molar-refractivity contribution in [1.82, 2.24) is 4.98 Å². The molecule has 3 rings (SSSR count). The van der Waals surface area contributed by atoms with E-state index in [9.17, 15) is 25.1 Å². The molecule has 1 amide bonds. The van der Waals surface area contributed by atoms with Gasteiger partial charge >= 0.3 is 0 Å². The van der Waals surface area contributed by atoms with E-state index in [0.29, 0.717) is 28.1 Å². The molecule has 0 bridgehead atoms. The van der Waals surface area contributed by atoms with Crippen molar-refractivity contribution in [2.75, 3.05) is 11.1 Å². The number of carbonyl (C=O) groups is 2. The molecule has 0 aliphatic heterocycles. The summed E-state index contributed by atoms with van der Waals surface area (Å²) in [5.74, 6) is -1.41. The lowest BCUT2D eigenvalue weighted by Gasteiger charge is -2.12. The van der Waals surface area contributed by atoms with E-state index < -0.39 is 5.97 Å². The van der Waals surface area contributed by atoms with Gasteiger partial charge in [0.1, 0.15) is 23.2 Å². The van der Waals surface area contributed by atoms with Crippen LogP contribution in [0, 0.1) is 11.3 Å². The Labute approximate surface area is 178 Å². The average Bonchev–Trinajstić information content (AvgIpc) is 2.74. The topological polar surface area (TPSA) is 152 Å². The summed E-state index contributed by atoms with van der Waals surface area (Å²) in [6.45, 7) is 0. The Balaban J connectivity index is 1.87. The fourth-order valence-electron chi connectivity index (χ4n) is 3.09. The monoisotopic (exact) mass is 415 g/mol. The van der Waals surface area contributed by atoms with Crippen LogP contribution < -0.4 is 16.2 Å². The summed E-state index contributed by atoms with van der Waals surface area (Å²) in [7, 11) is 0. The zero-order valence-electron chi connectivity index (χ0n) is 16.5. The minimum absolute atomic E-state index is 0.0433. The molecule has 0 saturated heterocycles. The molecule has 0 saturated carbocycles. The predicted molar refractivity (Wildman–Crippen MR) is 113 cm³/mol. The highest BCUT2D eigenvalue weighted by molar-refractivity contribution is 5.91. The number of benzene rings is 2. The molecule has 2 aromatic carbocycles. The third kappa shape index (κ3) is 5.16. The van der Waals surface area contributed by atoms with Crippen LogP contribution >= 0.6 is 0 Å². The third-order valence-electron chi connectivity index (χ3n) is 4.60. The number of pyridine rings is 1. The van der Waals surface area contributed by atoms with E-state index in [2.05, 4.69) is 16.4 Å². The van der Waals surface area contributed by atoms with E-state index in [-0.39, 0.29) is 42.3 Å². The number of carboxylic acid groups (broad SMARTS) is 1. The molecule has 0 atom stereocenters. The van der Waals surface area contributed by atoms with Crippen molar-refractivity contribution in [3.8, 4) is 34.2 Å². The van der Waals surface area contributed by atoms with Crippen LogP contribution in [0.15, 0.2) is 54.6 Å². The van der Waals surface area contributed by atoms with Crippen molar-refractivity contribution in [1.29, 1.82) is 5.26 Å². The molecule has 4 N–H and O–H groups in total. The number of phenolic OH excluding ortho intramolecular Hbond substituents is 1.